The lowest BCUT2D eigenvalue weighted by molar-refractivity contribution is -0.132. The van der Waals surface area contributed by atoms with Gasteiger partial charge < -0.3 is 9.47 Å². The number of allylic oxidation sites excluding steroid dienone is 1. The Morgan fingerprint density at radius 3 is 2.39 bits per heavy atom. The summed E-state index contributed by atoms with van der Waals surface area (Å²) >= 11 is 5.94. The number of halogens is 1. The molecule has 0 N–H and O–H groups in total. The third kappa shape index (κ3) is 3.00. The lowest BCUT2D eigenvalue weighted by atomic mass is 9.88. The summed E-state index contributed by atoms with van der Waals surface area (Å²) in [5.41, 5.74) is 0.0324. The van der Waals surface area contributed by atoms with Gasteiger partial charge in [0.25, 0.3) is 0 Å². The van der Waals surface area contributed by atoms with Crippen molar-refractivity contribution in [2.45, 2.75) is 33.3 Å². The number of nitrogens with zero attached hydrogens (tertiary/aromatic N) is 1. The summed E-state index contributed by atoms with van der Waals surface area (Å²) in [6.07, 6.45) is -0.595. The fourth-order valence-corrected chi connectivity index (χ4v) is 2.96. The van der Waals surface area contributed by atoms with Crippen LogP contribution in [0.2, 0.25) is 0 Å². The van der Waals surface area contributed by atoms with Crippen molar-refractivity contribution >= 4 is 29.3 Å². The molecule has 7 heteroatoms. The van der Waals surface area contributed by atoms with Crippen LogP contribution in [0.1, 0.15) is 27.7 Å². The Morgan fingerprint density at radius 2 is 1.91 bits per heavy atom. The number of hydrogen-bond acceptors (Lipinski definition) is 5. The average Bonchev–Trinajstić information content (AvgIpc) is 2.83. The molecule has 126 valence electrons. The standard InChI is InChI=1S/C16H20ClNO5/c1-8-12(19)13(20)10-9(6-17)7-18(11(10)14(8)22-5)15(21)23-16(2,3)4/h9H,6-7H2,1-5H3. The van der Waals surface area contributed by atoms with Crippen molar-refractivity contribution in [3.05, 3.63) is 22.6 Å². The Hall–Kier alpha value is -1.82. The van der Waals surface area contributed by atoms with Crippen LogP contribution in [0.5, 0.6) is 0 Å². The first-order valence-electron chi connectivity index (χ1n) is 7.27. The molecule has 1 aliphatic carbocycles. The fourth-order valence-electron chi connectivity index (χ4n) is 2.71. The molecule has 0 saturated heterocycles. The van der Waals surface area contributed by atoms with Gasteiger partial charge in [0.15, 0.2) is 0 Å². The van der Waals surface area contributed by atoms with Gasteiger partial charge in [0.1, 0.15) is 11.4 Å². The minimum atomic E-state index is -0.683. The zero-order valence-electron chi connectivity index (χ0n) is 13.9. The van der Waals surface area contributed by atoms with Gasteiger partial charge in [-0.15, -0.1) is 11.6 Å². The topological polar surface area (TPSA) is 72.9 Å². The highest BCUT2D eigenvalue weighted by Crippen LogP contribution is 2.40. The zero-order chi connectivity index (χ0) is 17.5. The van der Waals surface area contributed by atoms with Crippen LogP contribution in [0.3, 0.4) is 0 Å². The first-order chi connectivity index (χ1) is 10.6. The second kappa shape index (κ2) is 6.00. The SMILES string of the molecule is COC1=C(C)C(=O)C(=O)C2=C1N(C(=O)OC(C)(C)C)CC2CCl. The molecule has 1 atom stereocenters. The number of methoxy groups -OCH3 is 1. The Kier molecular flexibility index (Phi) is 4.57. The Morgan fingerprint density at radius 1 is 1.30 bits per heavy atom. The van der Waals surface area contributed by atoms with E-state index < -0.39 is 29.2 Å². The molecule has 6 nitrogen and oxygen atoms in total. The molecule has 0 aromatic carbocycles. The van der Waals surface area contributed by atoms with Crippen LogP contribution in [0.15, 0.2) is 22.6 Å². The largest absolute Gasteiger partial charge is 0.494 e. The molecule has 0 spiro atoms. The summed E-state index contributed by atoms with van der Waals surface area (Å²) in [4.78, 5) is 38.3. The second-order valence-electron chi connectivity index (χ2n) is 6.52. The lowest BCUT2D eigenvalue weighted by Crippen LogP contribution is -2.37. The molecular formula is C16H20ClNO5. The average molecular weight is 342 g/mol. The maximum Gasteiger partial charge on any atom is 0.414 e. The highest BCUT2D eigenvalue weighted by Gasteiger charge is 2.47. The molecule has 1 amide bonds. The van der Waals surface area contributed by atoms with E-state index in [9.17, 15) is 14.4 Å². The summed E-state index contributed by atoms with van der Waals surface area (Å²) in [5.74, 6) is -1.33. The molecule has 23 heavy (non-hydrogen) atoms. The van der Waals surface area contributed by atoms with Gasteiger partial charge in [0, 0.05) is 29.5 Å². The quantitative estimate of drug-likeness (QED) is 0.438. The van der Waals surface area contributed by atoms with E-state index >= 15 is 0 Å². The minimum Gasteiger partial charge on any atom is -0.494 e. The fraction of sp³-hybridized carbons (Fsp3) is 0.562. The van der Waals surface area contributed by atoms with Crippen LogP contribution < -0.4 is 0 Å². The van der Waals surface area contributed by atoms with E-state index in [-0.39, 0.29) is 29.3 Å². The summed E-state index contributed by atoms with van der Waals surface area (Å²) in [7, 11) is 1.40. The predicted molar refractivity (Wildman–Crippen MR) is 83.9 cm³/mol. The maximum atomic E-state index is 12.5. The number of ketones is 2. The Bertz CT molecular complexity index is 641. The second-order valence-corrected chi connectivity index (χ2v) is 6.83. The van der Waals surface area contributed by atoms with Crippen LogP contribution in [0.4, 0.5) is 4.79 Å². The molecule has 0 radical (unpaired) electrons. The molecule has 1 aliphatic heterocycles. The van der Waals surface area contributed by atoms with Crippen molar-refractivity contribution in [2.24, 2.45) is 5.92 Å². The monoisotopic (exact) mass is 341 g/mol. The molecule has 1 heterocycles. The molecular weight excluding hydrogens is 322 g/mol. The van der Waals surface area contributed by atoms with Crippen molar-refractivity contribution in [1.82, 2.24) is 4.90 Å². The summed E-state index contributed by atoms with van der Waals surface area (Å²) in [5, 5.41) is 0. The Labute approximate surface area is 140 Å². The van der Waals surface area contributed by atoms with Gasteiger partial charge in [-0.25, -0.2) is 4.79 Å². The van der Waals surface area contributed by atoms with Gasteiger partial charge in [-0.05, 0) is 27.7 Å². The highest BCUT2D eigenvalue weighted by atomic mass is 35.5. The highest BCUT2D eigenvalue weighted by molar-refractivity contribution is 6.50. The summed E-state index contributed by atoms with van der Waals surface area (Å²) < 4.78 is 10.7. The maximum absolute atomic E-state index is 12.5. The van der Waals surface area contributed by atoms with Crippen molar-refractivity contribution in [2.75, 3.05) is 19.5 Å². The molecule has 1 unspecified atom stereocenters. The normalized spacial score (nSPS) is 21.8. The first kappa shape index (κ1) is 17.5. The third-order valence-corrected chi connectivity index (χ3v) is 4.06. The van der Waals surface area contributed by atoms with Crippen LogP contribution in [-0.4, -0.2) is 47.7 Å². The number of carbonyl (C=O) groups is 3. The van der Waals surface area contributed by atoms with E-state index in [2.05, 4.69) is 0 Å². The number of carbonyl (C=O) groups excluding carboxylic acids is 3. The van der Waals surface area contributed by atoms with Gasteiger partial charge >= 0.3 is 6.09 Å². The van der Waals surface area contributed by atoms with Crippen molar-refractivity contribution in [3.63, 3.8) is 0 Å². The molecule has 0 fully saturated rings. The van der Waals surface area contributed by atoms with Crippen LogP contribution in [0.25, 0.3) is 0 Å². The number of Topliss-reactive ketones (excluding diaryl/α,β-unsaturated/α-hetero) is 2. The van der Waals surface area contributed by atoms with Crippen molar-refractivity contribution in [3.8, 4) is 0 Å². The van der Waals surface area contributed by atoms with Crippen LogP contribution in [-0.2, 0) is 19.1 Å². The van der Waals surface area contributed by atoms with Crippen molar-refractivity contribution in [1.29, 1.82) is 0 Å². The summed E-state index contributed by atoms with van der Waals surface area (Å²) in [6.45, 7) is 6.95. The van der Waals surface area contributed by atoms with Crippen LogP contribution >= 0.6 is 11.6 Å². The molecule has 2 rings (SSSR count). The van der Waals surface area contributed by atoms with Crippen molar-refractivity contribution < 1.29 is 23.9 Å². The van der Waals surface area contributed by atoms with E-state index in [0.717, 1.165) is 0 Å². The van der Waals surface area contributed by atoms with Gasteiger partial charge in [-0.2, -0.15) is 0 Å². The number of hydrogen-bond donors (Lipinski definition) is 0. The Balaban J connectivity index is 2.53. The number of alkyl halides is 1. The lowest BCUT2D eigenvalue weighted by Gasteiger charge is -2.28. The molecule has 0 bridgehead atoms. The first-order valence-corrected chi connectivity index (χ1v) is 7.80. The van der Waals surface area contributed by atoms with E-state index in [4.69, 9.17) is 21.1 Å². The third-order valence-electron chi connectivity index (χ3n) is 3.69. The van der Waals surface area contributed by atoms with E-state index in [1.807, 2.05) is 0 Å². The van der Waals surface area contributed by atoms with Gasteiger partial charge in [0.2, 0.25) is 11.6 Å². The number of ether oxygens (including phenoxy) is 2. The van der Waals surface area contributed by atoms with E-state index in [0.29, 0.717) is 5.70 Å². The molecule has 0 aromatic rings. The molecule has 0 saturated carbocycles. The molecule has 0 aromatic heterocycles. The van der Waals surface area contributed by atoms with Gasteiger partial charge in [-0.1, -0.05) is 0 Å². The number of rotatable bonds is 2. The van der Waals surface area contributed by atoms with E-state index in [1.54, 1.807) is 20.8 Å². The zero-order valence-corrected chi connectivity index (χ0v) is 14.6. The summed E-state index contributed by atoms with van der Waals surface area (Å²) in [6, 6.07) is 0. The van der Waals surface area contributed by atoms with Gasteiger partial charge in [0.05, 0.1) is 12.8 Å². The smallest absolute Gasteiger partial charge is 0.414 e. The predicted octanol–water partition coefficient (Wildman–Crippen LogP) is 2.42. The van der Waals surface area contributed by atoms with E-state index in [1.165, 1.54) is 18.9 Å². The molecule has 2 aliphatic rings. The van der Waals surface area contributed by atoms with Gasteiger partial charge in [-0.3, -0.25) is 14.5 Å². The minimum absolute atomic E-state index is 0.118. The number of amides is 1. The van der Waals surface area contributed by atoms with Crippen LogP contribution in [0, 0.1) is 5.92 Å².